The third-order valence-electron chi connectivity index (χ3n) is 1.49. The lowest BCUT2D eigenvalue weighted by atomic mass is 10.2. The Morgan fingerprint density at radius 1 is 1.40 bits per heavy atom. The summed E-state index contributed by atoms with van der Waals surface area (Å²) in [5.41, 5.74) is 4.29. The van der Waals surface area contributed by atoms with E-state index in [1.807, 2.05) is 5.51 Å². The standard InChI is InChI=1S/C8H7NS/c1-6-2-3-7-8(4-6)10-5-9-7/h2-5H,1H3. The molecule has 0 spiro atoms. The third-order valence-corrected chi connectivity index (χ3v) is 2.28. The second-order valence-electron chi connectivity index (χ2n) is 2.32. The van der Waals surface area contributed by atoms with Gasteiger partial charge in [0.05, 0.1) is 15.7 Å². The highest BCUT2D eigenvalue weighted by Gasteiger charge is 1.93. The van der Waals surface area contributed by atoms with Crippen LogP contribution >= 0.6 is 11.3 Å². The molecule has 0 aliphatic carbocycles. The van der Waals surface area contributed by atoms with E-state index in [0.717, 1.165) is 5.52 Å². The fraction of sp³-hybridized carbons (Fsp3) is 0.125. The van der Waals surface area contributed by atoms with Crippen molar-refractivity contribution in [2.75, 3.05) is 0 Å². The van der Waals surface area contributed by atoms with Gasteiger partial charge in [-0.25, -0.2) is 4.98 Å². The molecule has 0 atom stereocenters. The average Bonchev–Trinajstić information content (AvgIpc) is 2.33. The van der Waals surface area contributed by atoms with Gasteiger partial charge in [-0.05, 0) is 24.6 Å². The zero-order valence-electron chi connectivity index (χ0n) is 5.66. The molecule has 2 heteroatoms. The Bertz CT molecular complexity index is 351. The molecule has 0 aliphatic heterocycles. The number of nitrogens with zero attached hydrogens (tertiary/aromatic N) is 1. The Hall–Kier alpha value is -0.890. The maximum absolute atomic E-state index is 4.18. The summed E-state index contributed by atoms with van der Waals surface area (Å²) in [5.74, 6) is 0. The van der Waals surface area contributed by atoms with Crippen LogP contribution in [-0.2, 0) is 0 Å². The SMILES string of the molecule is Cc1ccc2ncsc2c1. The lowest BCUT2D eigenvalue weighted by Crippen LogP contribution is -1.69. The molecule has 0 saturated heterocycles. The summed E-state index contributed by atoms with van der Waals surface area (Å²) in [6, 6.07) is 6.30. The quantitative estimate of drug-likeness (QED) is 0.561. The van der Waals surface area contributed by atoms with Crippen molar-refractivity contribution in [3.63, 3.8) is 0 Å². The average molecular weight is 149 g/mol. The van der Waals surface area contributed by atoms with E-state index in [9.17, 15) is 0 Å². The monoisotopic (exact) mass is 149 g/mol. The van der Waals surface area contributed by atoms with E-state index in [-0.39, 0.29) is 0 Å². The van der Waals surface area contributed by atoms with Gasteiger partial charge >= 0.3 is 0 Å². The van der Waals surface area contributed by atoms with Crippen LogP contribution in [0.4, 0.5) is 0 Å². The molecular weight excluding hydrogens is 142 g/mol. The first kappa shape index (κ1) is 5.86. The molecule has 0 N–H and O–H groups in total. The van der Waals surface area contributed by atoms with E-state index >= 15 is 0 Å². The number of aromatic nitrogens is 1. The van der Waals surface area contributed by atoms with Crippen molar-refractivity contribution in [2.45, 2.75) is 6.92 Å². The molecule has 1 heterocycles. The van der Waals surface area contributed by atoms with Crippen LogP contribution in [0.5, 0.6) is 0 Å². The molecule has 0 bridgehead atoms. The summed E-state index contributed by atoms with van der Waals surface area (Å²) in [6.45, 7) is 2.10. The van der Waals surface area contributed by atoms with Gasteiger partial charge in [-0.15, -0.1) is 11.3 Å². The first-order valence-electron chi connectivity index (χ1n) is 3.16. The van der Waals surface area contributed by atoms with E-state index in [0.29, 0.717) is 0 Å². The topological polar surface area (TPSA) is 12.9 Å². The largest absolute Gasteiger partial charge is 0.245 e. The van der Waals surface area contributed by atoms with Crippen LogP contribution in [0.25, 0.3) is 10.2 Å². The highest BCUT2D eigenvalue weighted by molar-refractivity contribution is 7.16. The van der Waals surface area contributed by atoms with Gasteiger partial charge in [0.1, 0.15) is 0 Å². The predicted molar refractivity (Wildman–Crippen MR) is 44.4 cm³/mol. The molecular formula is C8H7NS. The Morgan fingerprint density at radius 2 is 2.30 bits per heavy atom. The molecule has 0 fully saturated rings. The Kier molecular flexibility index (Phi) is 1.21. The molecule has 0 amide bonds. The predicted octanol–water partition coefficient (Wildman–Crippen LogP) is 2.60. The number of hydrogen-bond acceptors (Lipinski definition) is 2. The van der Waals surface area contributed by atoms with Gasteiger partial charge in [0.15, 0.2) is 0 Å². The van der Waals surface area contributed by atoms with E-state index in [2.05, 4.69) is 30.1 Å². The summed E-state index contributed by atoms with van der Waals surface area (Å²) >= 11 is 1.69. The minimum atomic E-state index is 1.11. The number of rotatable bonds is 0. The van der Waals surface area contributed by atoms with Crippen molar-refractivity contribution in [1.82, 2.24) is 4.98 Å². The Balaban J connectivity index is 2.86. The van der Waals surface area contributed by atoms with Crippen molar-refractivity contribution in [3.8, 4) is 0 Å². The smallest absolute Gasteiger partial charge is 0.0812 e. The number of aryl methyl sites for hydroxylation is 1. The summed E-state index contributed by atoms with van der Waals surface area (Å²) < 4.78 is 1.28. The second kappa shape index (κ2) is 2.06. The molecule has 1 aromatic heterocycles. The third kappa shape index (κ3) is 0.809. The Morgan fingerprint density at radius 3 is 3.20 bits per heavy atom. The highest BCUT2D eigenvalue weighted by Crippen LogP contribution is 2.17. The van der Waals surface area contributed by atoms with E-state index in [4.69, 9.17) is 0 Å². The zero-order chi connectivity index (χ0) is 6.97. The lowest BCUT2D eigenvalue weighted by molar-refractivity contribution is 1.46. The zero-order valence-corrected chi connectivity index (χ0v) is 6.48. The lowest BCUT2D eigenvalue weighted by Gasteiger charge is -1.88. The van der Waals surface area contributed by atoms with E-state index in [1.165, 1.54) is 10.3 Å². The summed E-state index contributed by atoms with van der Waals surface area (Å²) in [6.07, 6.45) is 0. The van der Waals surface area contributed by atoms with E-state index in [1.54, 1.807) is 11.3 Å². The van der Waals surface area contributed by atoms with Gasteiger partial charge in [0.25, 0.3) is 0 Å². The van der Waals surface area contributed by atoms with Gasteiger partial charge in [-0.3, -0.25) is 0 Å². The van der Waals surface area contributed by atoms with Crippen LogP contribution in [0, 0.1) is 6.92 Å². The molecule has 0 aliphatic rings. The van der Waals surface area contributed by atoms with Gasteiger partial charge < -0.3 is 0 Å². The van der Waals surface area contributed by atoms with Crippen molar-refractivity contribution in [3.05, 3.63) is 29.3 Å². The van der Waals surface area contributed by atoms with Crippen LogP contribution in [0.15, 0.2) is 23.7 Å². The van der Waals surface area contributed by atoms with Gasteiger partial charge in [0.2, 0.25) is 0 Å². The van der Waals surface area contributed by atoms with Crippen molar-refractivity contribution in [1.29, 1.82) is 0 Å². The van der Waals surface area contributed by atoms with Gasteiger partial charge in [-0.2, -0.15) is 0 Å². The number of thiazole rings is 1. The Labute approximate surface area is 63.3 Å². The molecule has 0 unspecified atom stereocenters. The summed E-state index contributed by atoms with van der Waals surface area (Å²) in [5, 5.41) is 0. The van der Waals surface area contributed by atoms with Gasteiger partial charge in [0, 0.05) is 0 Å². The van der Waals surface area contributed by atoms with Crippen LogP contribution < -0.4 is 0 Å². The molecule has 1 nitrogen and oxygen atoms in total. The van der Waals surface area contributed by atoms with Gasteiger partial charge in [-0.1, -0.05) is 6.07 Å². The van der Waals surface area contributed by atoms with Crippen LogP contribution in [0.2, 0.25) is 0 Å². The molecule has 2 aromatic rings. The van der Waals surface area contributed by atoms with Crippen LogP contribution in [0.3, 0.4) is 0 Å². The minimum Gasteiger partial charge on any atom is -0.245 e. The molecule has 0 saturated carbocycles. The maximum Gasteiger partial charge on any atom is 0.0812 e. The van der Waals surface area contributed by atoms with Crippen molar-refractivity contribution < 1.29 is 0 Å². The maximum atomic E-state index is 4.18. The molecule has 10 heavy (non-hydrogen) atoms. The fourth-order valence-electron chi connectivity index (χ4n) is 0.962. The number of hydrogen-bond donors (Lipinski definition) is 0. The second-order valence-corrected chi connectivity index (χ2v) is 3.21. The van der Waals surface area contributed by atoms with Crippen molar-refractivity contribution in [2.24, 2.45) is 0 Å². The van der Waals surface area contributed by atoms with Crippen LogP contribution in [-0.4, -0.2) is 4.98 Å². The van der Waals surface area contributed by atoms with Crippen molar-refractivity contribution >= 4 is 21.6 Å². The molecule has 1 aromatic carbocycles. The first-order chi connectivity index (χ1) is 4.86. The first-order valence-corrected chi connectivity index (χ1v) is 4.04. The number of fused-ring (bicyclic) bond motifs is 1. The highest BCUT2D eigenvalue weighted by atomic mass is 32.1. The summed E-state index contributed by atoms with van der Waals surface area (Å²) in [4.78, 5) is 4.18. The fourth-order valence-corrected chi connectivity index (χ4v) is 1.74. The molecule has 2 rings (SSSR count). The van der Waals surface area contributed by atoms with E-state index < -0.39 is 0 Å². The number of benzene rings is 1. The molecule has 0 radical (unpaired) electrons. The minimum absolute atomic E-state index is 1.11. The normalized spacial score (nSPS) is 10.5. The van der Waals surface area contributed by atoms with Crippen LogP contribution in [0.1, 0.15) is 5.56 Å². The summed E-state index contributed by atoms with van der Waals surface area (Å²) in [7, 11) is 0. The molecule has 50 valence electrons.